The van der Waals surface area contributed by atoms with E-state index in [1.54, 1.807) is 0 Å². The van der Waals surface area contributed by atoms with E-state index in [0.717, 1.165) is 23.3 Å². The number of ketones is 1. The number of amides is 2. The first-order chi connectivity index (χ1) is 8.11. The summed E-state index contributed by atoms with van der Waals surface area (Å²) in [6.07, 6.45) is 3.77. The molecule has 1 unspecified atom stereocenters. The van der Waals surface area contributed by atoms with Crippen LogP contribution in [-0.2, 0) is 19.2 Å². The minimum Gasteiger partial charge on any atom is -0.328 e. The van der Waals surface area contributed by atoms with Crippen molar-refractivity contribution in [3.05, 3.63) is 12.2 Å². The van der Waals surface area contributed by atoms with Crippen molar-refractivity contribution >= 4 is 23.9 Å². The Morgan fingerprint density at radius 3 is 2.41 bits per heavy atom. The third-order valence-corrected chi connectivity index (χ3v) is 2.50. The first-order valence-electron chi connectivity index (χ1n) is 5.33. The van der Waals surface area contributed by atoms with E-state index in [1.807, 2.05) is 0 Å². The number of aldehydes is 1. The Bertz CT molecular complexity index is 358. The molecule has 0 aliphatic carbocycles. The summed E-state index contributed by atoms with van der Waals surface area (Å²) in [7, 11) is 0. The number of hydrogen-bond donors (Lipinski definition) is 1. The molecule has 17 heavy (non-hydrogen) atoms. The minimum absolute atomic E-state index is 0.0981. The van der Waals surface area contributed by atoms with E-state index in [9.17, 15) is 19.2 Å². The molecular weight excluding hydrogens is 224 g/mol. The molecule has 6 heteroatoms. The summed E-state index contributed by atoms with van der Waals surface area (Å²) >= 11 is 0. The zero-order valence-corrected chi connectivity index (χ0v) is 9.30. The largest absolute Gasteiger partial charge is 0.328 e. The quantitative estimate of drug-likeness (QED) is 0.355. The van der Waals surface area contributed by atoms with Gasteiger partial charge in [-0.15, -0.1) is 0 Å². The number of carbonyl (C=O) groups excluding carboxylic acids is 4. The first kappa shape index (κ1) is 13.2. The molecule has 0 saturated heterocycles. The van der Waals surface area contributed by atoms with Crippen molar-refractivity contribution in [3.8, 4) is 0 Å². The van der Waals surface area contributed by atoms with Crippen molar-refractivity contribution in [2.45, 2.75) is 25.3 Å². The van der Waals surface area contributed by atoms with Gasteiger partial charge >= 0.3 is 0 Å². The van der Waals surface area contributed by atoms with Gasteiger partial charge in [0.05, 0.1) is 0 Å². The van der Waals surface area contributed by atoms with Gasteiger partial charge in [0, 0.05) is 31.5 Å². The van der Waals surface area contributed by atoms with E-state index in [-0.39, 0.29) is 25.2 Å². The van der Waals surface area contributed by atoms with Gasteiger partial charge in [-0.05, 0) is 6.42 Å². The molecule has 1 aliphatic rings. The van der Waals surface area contributed by atoms with Gasteiger partial charge < -0.3 is 10.5 Å². The second-order valence-corrected chi connectivity index (χ2v) is 3.66. The Balaban J connectivity index is 2.64. The molecule has 1 heterocycles. The number of hydrogen-bond acceptors (Lipinski definition) is 5. The van der Waals surface area contributed by atoms with Crippen LogP contribution in [0.25, 0.3) is 0 Å². The number of imide groups is 1. The van der Waals surface area contributed by atoms with Gasteiger partial charge in [0.1, 0.15) is 12.3 Å². The van der Waals surface area contributed by atoms with E-state index in [4.69, 9.17) is 5.73 Å². The predicted molar refractivity (Wildman–Crippen MR) is 58.8 cm³/mol. The van der Waals surface area contributed by atoms with Gasteiger partial charge in [0.15, 0.2) is 5.78 Å². The molecule has 0 saturated carbocycles. The van der Waals surface area contributed by atoms with Crippen LogP contribution in [0.5, 0.6) is 0 Å². The Labute approximate surface area is 98.4 Å². The van der Waals surface area contributed by atoms with Crippen molar-refractivity contribution < 1.29 is 19.2 Å². The Kier molecular flexibility index (Phi) is 4.71. The molecular formula is C11H14N2O4. The molecule has 0 aromatic rings. The van der Waals surface area contributed by atoms with Gasteiger partial charge in [-0.1, -0.05) is 0 Å². The van der Waals surface area contributed by atoms with Gasteiger partial charge in [0.2, 0.25) is 0 Å². The summed E-state index contributed by atoms with van der Waals surface area (Å²) < 4.78 is 0. The molecule has 2 N–H and O–H groups in total. The van der Waals surface area contributed by atoms with Crippen molar-refractivity contribution in [2.24, 2.45) is 5.73 Å². The smallest absolute Gasteiger partial charge is 0.254 e. The van der Waals surface area contributed by atoms with Crippen LogP contribution in [0, 0.1) is 0 Å². The maximum absolute atomic E-state index is 11.8. The second kappa shape index (κ2) is 6.05. The molecule has 92 valence electrons. The van der Waals surface area contributed by atoms with E-state index in [1.165, 1.54) is 0 Å². The van der Waals surface area contributed by atoms with Crippen molar-refractivity contribution in [1.29, 1.82) is 0 Å². The Morgan fingerprint density at radius 1 is 1.35 bits per heavy atom. The molecule has 1 aliphatic heterocycles. The van der Waals surface area contributed by atoms with Crippen molar-refractivity contribution in [1.82, 2.24) is 4.90 Å². The number of carbonyl (C=O) groups is 4. The van der Waals surface area contributed by atoms with Crippen LogP contribution in [0.2, 0.25) is 0 Å². The lowest BCUT2D eigenvalue weighted by Gasteiger charge is -2.23. The summed E-state index contributed by atoms with van der Waals surface area (Å²) in [5.74, 6) is -1.33. The minimum atomic E-state index is -0.920. The fraction of sp³-hybridized carbons (Fsp3) is 0.455. The normalized spacial score (nSPS) is 16.4. The molecule has 0 aromatic heterocycles. The monoisotopic (exact) mass is 238 g/mol. The lowest BCUT2D eigenvalue weighted by molar-refractivity contribution is -0.144. The lowest BCUT2D eigenvalue weighted by Crippen LogP contribution is -2.49. The topological polar surface area (TPSA) is 97.5 Å². The molecule has 0 bridgehead atoms. The molecule has 0 fully saturated rings. The summed E-state index contributed by atoms with van der Waals surface area (Å²) in [5, 5.41) is 0. The van der Waals surface area contributed by atoms with Gasteiger partial charge in [-0.3, -0.25) is 19.3 Å². The summed E-state index contributed by atoms with van der Waals surface area (Å²) in [6.45, 7) is -0.0981. The molecule has 0 aromatic carbocycles. The van der Waals surface area contributed by atoms with E-state index in [2.05, 4.69) is 0 Å². The maximum Gasteiger partial charge on any atom is 0.254 e. The molecule has 0 spiro atoms. The van der Waals surface area contributed by atoms with Crippen LogP contribution in [0.4, 0.5) is 0 Å². The van der Waals surface area contributed by atoms with Crippen molar-refractivity contribution in [2.75, 3.05) is 6.54 Å². The highest BCUT2D eigenvalue weighted by molar-refractivity contribution is 6.15. The molecule has 1 rings (SSSR count). The number of nitrogens with two attached hydrogens (primary N) is 1. The molecule has 6 nitrogen and oxygen atoms in total. The van der Waals surface area contributed by atoms with Crippen LogP contribution >= 0.6 is 0 Å². The fourth-order valence-corrected chi connectivity index (χ4v) is 1.63. The first-order valence-corrected chi connectivity index (χ1v) is 5.33. The zero-order chi connectivity index (χ0) is 12.8. The van der Waals surface area contributed by atoms with Gasteiger partial charge in [-0.25, -0.2) is 0 Å². The van der Waals surface area contributed by atoms with E-state index >= 15 is 0 Å². The highest BCUT2D eigenvalue weighted by Crippen LogP contribution is 2.11. The van der Waals surface area contributed by atoms with Crippen LogP contribution in [0.1, 0.15) is 19.3 Å². The molecule has 0 radical (unpaired) electrons. The molecule has 1 atom stereocenters. The average molecular weight is 238 g/mol. The third-order valence-electron chi connectivity index (χ3n) is 2.50. The highest BCUT2D eigenvalue weighted by Gasteiger charge is 2.34. The summed E-state index contributed by atoms with van der Waals surface area (Å²) in [5.41, 5.74) is 5.42. The van der Waals surface area contributed by atoms with Crippen LogP contribution in [0.15, 0.2) is 12.2 Å². The summed E-state index contributed by atoms with van der Waals surface area (Å²) in [6, 6.07) is -0.920. The maximum atomic E-state index is 11.8. The fourth-order valence-electron chi connectivity index (χ4n) is 1.63. The third kappa shape index (κ3) is 3.07. The number of Topliss-reactive ketones (excluding diaryl/α,β-unsaturated/α-hetero) is 1. The second-order valence-electron chi connectivity index (χ2n) is 3.66. The SMILES string of the molecule is NCC(C(=O)CCCC=O)N1C(=O)C=CC1=O. The van der Waals surface area contributed by atoms with E-state index in [0.29, 0.717) is 6.42 Å². The van der Waals surface area contributed by atoms with Crippen LogP contribution < -0.4 is 5.73 Å². The average Bonchev–Trinajstić information content (AvgIpc) is 2.62. The van der Waals surface area contributed by atoms with Crippen molar-refractivity contribution in [3.63, 3.8) is 0 Å². The zero-order valence-electron chi connectivity index (χ0n) is 9.30. The van der Waals surface area contributed by atoms with Crippen LogP contribution in [-0.4, -0.2) is 41.4 Å². The highest BCUT2D eigenvalue weighted by atomic mass is 16.2. The standard InChI is InChI=1S/C11H14N2O4/c12-7-8(9(15)3-1-2-6-14)13-10(16)4-5-11(13)17/h4-6,8H,1-3,7,12H2. The van der Waals surface area contributed by atoms with Gasteiger partial charge in [0.25, 0.3) is 11.8 Å². The molecule has 2 amide bonds. The van der Waals surface area contributed by atoms with E-state index < -0.39 is 17.9 Å². The van der Waals surface area contributed by atoms with Gasteiger partial charge in [-0.2, -0.15) is 0 Å². The number of nitrogens with zero attached hydrogens (tertiary/aromatic N) is 1. The number of unbranched alkanes of at least 4 members (excludes halogenated alkanes) is 1. The Morgan fingerprint density at radius 2 is 1.94 bits per heavy atom. The van der Waals surface area contributed by atoms with Crippen LogP contribution in [0.3, 0.4) is 0 Å². The Hall–Kier alpha value is -1.82. The lowest BCUT2D eigenvalue weighted by atomic mass is 10.1. The summed E-state index contributed by atoms with van der Waals surface area (Å²) in [4.78, 5) is 45.5. The number of rotatable bonds is 7. The predicted octanol–water partition coefficient (Wildman–Crippen LogP) is -0.823.